The van der Waals surface area contributed by atoms with Crippen molar-refractivity contribution in [1.82, 2.24) is 9.97 Å². The molecule has 1 heterocycles. The maximum absolute atomic E-state index is 5.74. The van der Waals surface area contributed by atoms with Crippen LogP contribution in [0.2, 0.25) is 5.02 Å². The molecule has 15 heavy (non-hydrogen) atoms. The van der Waals surface area contributed by atoms with Gasteiger partial charge >= 0.3 is 0 Å². The van der Waals surface area contributed by atoms with Gasteiger partial charge in [0, 0.05) is 5.02 Å². The summed E-state index contributed by atoms with van der Waals surface area (Å²) in [7, 11) is 0. The lowest BCUT2D eigenvalue weighted by molar-refractivity contribution is 0.480. The predicted octanol–water partition coefficient (Wildman–Crippen LogP) is 2.50. The van der Waals surface area contributed by atoms with Crippen LogP contribution in [0.1, 0.15) is 0 Å². The monoisotopic (exact) mass is 221 g/mol. The van der Waals surface area contributed by atoms with E-state index >= 15 is 0 Å². The quantitative estimate of drug-likeness (QED) is 0.847. The Morgan fingerprint density at radius 1 is 1.20 bits per heavy atom. The fraction of sp³-hybridized carbons (Fsp3) is 0. The number of nitrogen functional groups attached to an aromatic ring is 1. The third-order valence-corrected chi connectivity index (χ3v) is 2.00. The van der Waals surface area contributed by atoms with Crippen molar-refractivity contribution in [3.05, 3.63) is 41.8 Å². The molecule has 0 aliphatic carbocycles. The van der Waals surface area contributed by atoms with E-state index in [1.165, 1.54) is 12.5 Å². The Labute approximate surface area is 91.7 Å². The summed E-state index contributed by atoms with van der Waals surface area (Å²) in [5.41, 5.74) is 5.60. The van der Waals surface area contributed by atoms with Gasteiger partial charge in [-0.3, -0.25) is 0 Å². The highest BCUT2D eigenvalue weighted by Gasteiger charge is 2.02. The normalized spacial score (nSPS) is 9.93. The third-order valence-electron chi connectivity index (χ3n) is 1.75. The van der Waals surface area contributed by atoms with Gasteiger partial charge in [-0.05, 0) is 24.3 Å². The summed E-state index contributed by atoms with van der Waals surface area (Å²) in [6.45, 7) is 0. The zero-order valence-corrected chi connectivity index (χ0v) is 8.48. The highest BCUT2D eigenvalue weighted by atomic mass is 35.5. The second kappa shape index (κ2) is 4.14. The van der Waals surface area contributed by atoms with E-state index in [1.807, 2.05) is 0 Å². The molecule has 0 amide bonds. The smallest absolute Gasteiger partial charge is 0.187 e. The molecule has 0 unspecified atom stereocenters. The van der Waals surface area contributed by atoms with E-state index in [-0.39, 0.29) is 0 Å². The number of hydrogen-bond acceptors (Lipinski definition) is 4. The van der Waals surface area contributed by atoms with Crippen molar-refractivity contribution in [3.63, 3.8) is 0 Å². The van der Waals surface area contributed by atoms with E-state index in [0.29, 0.717) is 22.3 Å². The van der Waals surface area contributed by atoms with Crippen LogP contribution in [0, 0.1) is 0 Å². The second-order valence-corrected chi connectivity index (χ2v) is 3.26. The molecule has 76 valence electrons. The molecule has 0 saturated heterocycles. The topological polar surface area (TPSA) is 61.0 Å². The summed E-state index contributed by atoms with van der Waals surface area (Å²) in [5, 5.41) is 0.652. The van der Waals surface area contributed by atoms with Gasteiger partial charge < -0.3 is 10.5 Å². The summed E-state index contributed by atoms with van der Waals surface area (Å²) >= 11 is 5.74. The zero-order chi connectivity index (χ0) is 10.7. The van der Waals surface area contributed by atoms with Gasteiger partial charge in [0.05, 0.1) is 6.20 Å². The summed E-state index contributed by atoms with van der Waals surface area (Å²) in [6.07, 6.45) is 2.88. The maximum Gasteiger partial charge on any atom is 0.187 e. The van der Waals surface area contributed by atoms with Gasteiger partial charge in [-0.1, -0.05) is 11.6 Å². The molecule has 0 aliphatic rings. The Balaban J connectivity index is 2.22. The molecule has 2 aromatic rings. The number of anilines is 1. The first-order valence-corrected chi connectivity index (χ1v) is 4.62. The van der Waals surface area contributed by atoms with Crippen LogP contribution in [0.4, 0.5) is 5.82 Å². The van der Waals surface area contributed by atoms with Crippen LogP contribution in [0.5, 0.6) is 11.5 Å². The number of ether oxygens (including phenoxy) is 1. The average molecular weight is 222 g/mol. The van der Waals surface area contributed by atoms with E-state index in [9.17, 15) is 0 Å². The highest BCUT2D eigenvalue weighted by Crippen LogP contribution is 2.25. The van der Waals surface area contributed by atoms with E-state index in [2.05, 4.69) is 9.97 Å². The average Bonchev–Trinajstić information content (AvgIpc) is 2.25. The van der Waals surface area contributed by atoms with Gasteiger partial charge in [-0.25, -0.2) is 9.97 Å². The Morgan fingerprint density at radius 2 is 1.93 bits per heavy atom. The molecule has 0 atom stereocenters. The SMILES string of the molecule is Nc1ncncc1Oc1ccc(Cl)cc1. The fourth-order valence-electron chi connectivity index (χ4n) is 1.03. The summed E-state index contributed by atoms with van der Waals surface area (Å²) in [4.78, 5) is 7.63. The van der Waals surface area contributed by atoms with Gasteiger partial charge in [0.25, 0.3) is 0 Å². The van der Waals surface area contributed by atoms with Crippen LogP contribution in [0.25, 0.3) is 0 Å². The van der Waals surface area contributed by atoms with E-state index < -0.39 is 0 Å². The van der Waals surface area contributed by atoms with E-state index in [1.54, 1.807) is 24.3 Å². The van der Waals surface area contributed by atoms with E-state index in [0.717, 1.165) is 0 Å². The van der Waals surface area contributed by atoms with Crippen molar-refractivity contribution in [2.45, 2.75) is 0 Å². The Bertz CT molecular complexity index is 458. The van der Waals surface area contributed by atoms with Crippen molar-refractivity contribution in [3.8, 4) is 11.5 Å². The van der Waals surface area contributed by atoms with Crippen LogP contribution in [-0.4, -0.2) is 9.97 Å². The van der Waals surface area contributed by atoms with Crippen molar-refractivity contribution in [2.24, 2.45) is 0 Å². The standard InChI is InChI=1S/C10H8ClN3O/c11-7-1-3-8(4-2-7)15-9-5-13-6-14-10(9)12/h1-6H,(H2,12,13,14). The van der Waals surface area contributed by atoms with Gasteiger partial charge in [0.1, 0.15) is 12.1 Å². The lowest BCUT2D eigenvalue weighted by Crippen LogP contribution is -1.95. The van der Waals surface area contributed by atoms with Crippen LogP contribution < -0.4 is 10.5 Å². The number of hydrogen-bond donors (Lipinski definition) is 1. The molecule has 2 rings (SSSR count). The molecule has 5 heteroatoms. The van der Waals surface area contributed by atoms with Gasteiger partial charge in [-0.15, -0.1) is 0 Å². The minimum atomic E-state index is 0.306. The van der Waals surface area contributed by atoms with Crippen molar-refractivity contribution in [1.29, 1.82) is 0 Å². The van der Waals surface area contributed by atoms with E-state index in [4.69, 9.17) is 22.1 Å². The predicted molar refractivity (Wildman–Crippen MR) is 58.0 cm³/mol. The van der Waals surface area contributed by atoms with Crippen LogP contribution in [-0.2, 0) is 0 Å². The molecular weight excluding hydrogens is 214 g/mol. The van der Waals surface area contributed by atoms with Crippen molar-refractivity contribution >= 4 is 17.4 Å². The molecule has 0 fully saturated rings. The molecule has 0 bridgehead atoms. The first-order valence-electron chi connectivity index (χ1n) is 4.24. The molecule has 1 aromatic heterocycles. The van der Waals surface area contributed by atoms with Crippen molar-refractivity contribution in [2.75, 3.05) is 5.73 Å². The molecule has 4 nitrogen and oxygen atoms in total. The minimum absolute atomic E-state index is 0.306. The second-order valence-electron chi connectivity index (χ2n) is 2.83. The number of rotatable bonds is 2. The molecule has 0 aliphatic heterocycles. The minimum Gasteiger partial charge on any atom is -0.452 e. The number of benzene rings is 1. The third kappa shape index (κ3) is 2.35. The lowest BCUT2D eigenvalue weighted by atomic mass is 10.3. The molecule has 0 radical (unpaired) electrons. The highest BCUT2D eigenvalue weighted by molar-refractivity contribution is 6.30. The van der Waals surface area contributed by atoms with Crippen LogP contribution in [0.3, 0.4) is 0 Å². The first kappa shape index (κ1) is 9.73. The van der Waals surface area contributed by atoms with Crippen molar-refractivity contribution < 1.29 is 4.74 Å². The largest absolute Gasteiger partial charge is 0.452 e. The molecule has 0 spiro atoms. The Kier molecular flexibility index (Phi) is 2.69. The molecular formula is C10H8ClN3O. The summed E-state index contributed by atoms with van der Waals surface area (Å²) in [6, 6.07) is 6.96. The number of nitrogens with two attached hydrogens (primary N) is 1. The Hall–Kier alpha value is -1.81. The summed E-state index contributed by atoms with van der Waals surface area (Å²) in [5.74, 6) is 1.38. The molecule has 0 saturated carbocycles. The first-order chi connectivity index (χ1) is 7.25. The molecule has 1 aromatic carbocycles. The number of nitrogens with zero attached hydrogens (tertiary/aromatic N) is 2. The van der Waals surface area contributed by atoms with Crippen LogP contribution >= 0.6 is 11.6 Å². The fourth-order valence-corrected chi connectivity index (χ4v) is 1.16. The maximum atomic E-state index is 5.74. The van der Waals surface area contributed by atoms with Gasteiger partial charge in [-0.2, -0.15) is 0 Å². The van der Waals surface area contributed by atoms with Gasteiger partial charge in [0.15, 0.2) is 11.6 Å². The van der Waals surface area contributed by atoms with Gasteiger partial charge in [0.2, 0.25) is 0 Å². The zero-order valence-electron chi connectivity index (χ0n) is 7.72. The summed E-state index contributed by atoms with van der Waals surface area (Å²) < 4.78 is 5.46. The molecule has 2 N–H and O–H groups in total. The van der Waals surface area contributed by atoms with Crippen LogP contribution in [0.15, 0.2) is 36.8 Å². The lowest BCUT2D eigenvalue weighted by Gasteiger charge is -2.06. The number of halogens is 1. The number of aromatic nitrogens is 2. The Morgan fingerprint density at radius 3 is 2.60 bits per heavy atom.